The van der Waals surface area contributed by atoms with Crippen molar-refractivity contribution in [1.29, 1.82) is 0 Å². The highest BCUT2D eigenvalue weighted by Gasteiger charge is 2.29. The number of hydrogen-bond acceptors (Lipinski definition) is 4. The molecule has 82 valence electrons. The lowest BCUT2D eigenvalue weighted by Crippen LogP contribution is -2.48. The molecule has 1 rings (SSSR count). The maximum absolute atomic E-state index is 11.2. The molecule has 5 nitrogen and oxygen atoms in total. The molecule has 0 amide bonds. The topological polar surface area (TPSA) is 67.4 Å². The second-order valence-electron chi connectivity index (χ2n) is 3.14. The van der Waals surface area contributed by atoms with Crippen molar-refractivity contribution in [2.24, 2.45) is 0 Å². The number of likely N-dealkylation sites (N-methyl/N-ethyl adjacent to an activating group) is 1. The largest absolute Gasteiger partial charge is 0.378 e. The number of nitrogens with one attached hydrogen (secondary N) is 2. The highest BCUT2D eigenvalue weighted by molar-refractivity contribution is 7.92. The minimum Gasteiger partial charge on any atom is -0.378 e. The molecule has 2 N–H and O–H groups in total. The van der Waals surface area contributed by atoms with Gasteiger partial charge >= 0.3 is 0 Å². The quantitative estimate of drug-likeness (QED) is 0.651. The van der Waals surface area contributed by atoms with Crippen molar-refractivity contribution in [2.75, 3.05) is 19.8 Å². The Morgan fingerprint density at radius 2 is 2.14 bits per heavy atom. The second kappa shape index (κ2) is 4.88. The van der Waals surface area contributed by atoms with Crippen molar-refractivity contribution in [3.63, 3.8) is 0 Å². The molecule has 14 heavy (non-hydrogen) atoms. The Hall–Kier alpha value is -0.430. The summed E-state index contributed by atoms with van der Waals surface area (Å²) < 4.78 is 30.1. The fourth-order valence-corrected chi connectivity index (χ4v) is 2.14. The van der Waals surface area contributed by atoms with E-state index < -0.39 is 10.0 Å². The van der Waals surface area contributed by atoms with Crippen LogP contribution in [0.15, 0.2) is 12.0 Å². The first kappa shape index (κ1) is 11.6. The van der Waals surface area contributed by atoms with Gasteiger partial charge in [0.15, 0.2) is 0 Å². The maximum Gasteiger partial charge on any atom is 0.233 e. The molecule has 2 atom stereocenters. The van der Waals surface area contributed by atoms with Gasteiger partial charge in [-0.15, -0.1) is 0 Å². The molecule has 1 aliphatic rings. The minimum absolute atomic E-state index is 0.0507. The monoisotopic (exact) mass is 220 g/mol. The lowest BCUT2D eigenvalue weighted by atomic mass is 10.2. The van der Waals surface area contributed by atoms with Crippen LogP contribution < -0.4 is 10.0 Å². The van der Waals surface area contributed by atoms with Crippen molar-refractivity contribution < 1.29 is 13.2 Å². The molecule has 0 aliphatic carbocycles. The van der Waals surface area contributed by atoms with Gasteiger partial charge in [-0.25, -0.2) is 13.1 Å². The first-order valence-electron chi connectivity index (χ1n) is 4.55. The summed E-state index contributed by atoms with van der Waals surface area (Å²) in [5.41, 5.74) is 0. The first-order chi connectivity index (χ1) is 6.59. The molecule has 0 radical (unpaired) electrons. The smallest absolute Gasteiger partial charge is 0.233 e. The highest BCUT2D eigenvalue weighted by atomic mass is 32.2. The predicted octanol–water partition coefficient (Wildman–Crippen LogP) is -0.574. The molecule has 0 bridgehead atoms. The van der Waals surface area contributed by atoms with E-state index in [-0.39, 0.29) is 12.1 Å². The Morgan fingerprint density at radius 1 is 1.50 bits per heavy atom. The van der Waals surface area contributed by atoms with E-state index in [2.05, 4.69) is 16.6 Å². The average Bonchev–Trinajstić information content (AvgIpc) is 2.53. The van der Waals surface area contributed by atoms with Gasteiger partial charge in [0.25, 0.3) is 0 Å². The van der Waals surface area contributed by atoms with Crippen LogP contribution in [0.25, 0.3) is 0 Å². The van der Waals surface area contributed by atoms with E-state index in [0.29, 0.717) is 13.2 Å². The molecule has 6 heteroatoms. The van der Waals surface area contributed by atoms with Gasteiger partial charge in [-0.05, 0) is 6.54 Å². The average molecular weight is 220 g/mol. The van der Waals surface area contributed by atoms with Crippen LogP contribution in [-0.4, -0.2) is 40.3 Å². The van der Waals surface area contributed by atoms with Gasteiger partial charge in [-0.3, -0.25) is 0 Å². The number of ether oxygens (including phenoxy) is 1. The zero-order valence-electron chi connectivity index (χ0n) is 8.19. The Morgan fingerprint density at radius 3 is 2.71 bits per heavy atom. The van der Waals surface area contributed by atoms with E-state index in [0.717, 1.165) is 12.0 Å². The van der Waals surface area contributed by atoms with Crippen LogP contribution in [0.1, 0.15) is 6.92 Å². The normalized spacial score (nSPS) is 27.8. The minimum atomic E-state index is -3.36. The van der Waals surface area contributed by atoms with Crippen LogP contribution in [0.4, 0.5) is 0 Å². The lowest BCUT2D eigenvalue weighted by Gasteiger charge is -2.18. The Kier molecular flexibility index (Phi) is 4.06. The fourth-order valence-electron chi connectivity index (χ4n) is 1.39. The van der Waals surface area contributed by atoms with Gasteiger partial charge in [-0.2, -0.15) is 0 Å². The maximum atomic E-state index is 11.2. The Balaban J connectivity index is 2.55. The van der Waals surface area contributed by atoms with Gasteiger partial charge in [0.2, 0.25) is 10.0 Å². The molecule has 0 spiro atoms. The van der Waals surface area contributed by atoms with Crippen molar-refractivity contribution in [1.82, 2.24) is 10.0 Å². The standard InChI is InChI=1S/C8H16N2O3S/c1-3-9-7-5-13-6-8(7)10-14(11,12)4-2/h4,7-10H,2-3,5-6H2,1H3/t7-,8+/m1/s1. The fraction of sp³-hybridized carbons (Fsp3) is 0.750. The molecule has 0 aromatic rings. The third kappa shape index (κ3) is 3.06. The van der Waals surface area contributed by atoms with Crippen LogP contribution in [0.2, 0.25) is 0 Å². The molecule has 0 aromatic carbocycles. The van der Waals surface area contributed by atoms with E-state index in [1.54, 1.807) is 0 Å². The van der Waals surface area contributed by atoms with Crippen molar-refractivity contribution in [3.8, 4) is 0 Å². The van der Waals surface area contributed by atoms with E-state index >= 15 is 0 Å². The third-order valence-corrected chi connectivity index (χ3v) is 3.15. The Labute approximate surface area is 84.6 Å². The SMILES string of the molecule is C=CS(=O)(=O)N[C@H]1COC[C@H]1NCC. The number of sulfonamides is 1. The summed E-state index contributed by atoms with van der Waals surface area (Å²) in [6.07, 6.45) is 0. The molecule has 1 saturated heterocycles. The van der Waals surface area contributed by atoms with Crippen LogP contribution in [0.5, 0.6) is 0 Å². The second-order valence-corrected chi connectivity index (χ2v) is 4.80. The zero-order chi connectivity index (χ0) is 10.6. The molecular formula is C8H16N2O3S. The summed E-state index contributed by atoms with van der Waals surface area (Å²) >= 11 is 0. The summed E-state index contributed by atoms with van der Waals surface area (Å²) in [6, 6.07) is -0.146. The zero-order valence-corrected chi connectivity index (χ0v) is 9.01. The van der Waals surface area contributed by atoms with E-state index in [1.165, 1.54) is 0 Å². The summed E-state index contributed by atoms with van der Waals surface area (Å²) in [6.45, 7) is 6.94. The molecule has 1 fully saturated rings. The van der Waals surface area contributed by atoms with Crippen LogP contribution in [0.3, 0.4) is 0 Å². The van der Waals surface area contributed by atoms with Gasteiger partial charge in [0, 0.05) is 11.4 Å². The molecule has 0 saturated carbocycles. The van der Waals surface area contributed by atoms with Crippen molar-refractivity contribution in [3.05, 3.63) is 12.0 Å². The van der Waals surface area contributed by atoms with Gasteiger partial charge in [0.05, 0.1) is 19.3 Å². The summed E-state index contributed by atoms with van der Waals surface area (Å²) in [5.74, 6) is 0. The van der Waals surface area contributed by atoms with Crippen LogP contribution in [0, 0.1) is 0 Å². The highest BCUT2D eigenvalue weighted by Crippen LogP contribution is 2.07. The molecule has 0 unspecified atom stereocenters. The lowest BCUT2D eigenvalue weighted by molar-refractivity contribution is 0.187. The summed E-state index contributed by atoms with van der Waals surface area (Å²) in [5, 5.41) is 4.07. The van der Waals surface area contributed by atoms with Gasteiger partial charge < -0.3 is 10.1 Å². The molecular weight excluding hydrogens is 204 g/mol. The molecule has 0 aromatic heterocycles. The summed E-state index contributed by atoms with van der Waals surface area (Å²) in [4.78, 5) is 0. The number of hydrogen-bond donors (Lipinski definition) is 2. The van der Waals surface area contributed by atoms with Gasteiger partial charge in [0.1, 0.15) is 0 Å². The summed E-state index contributed by atoms with van der Waals surface area (Å²) in [7, 11) is -3.36. The van der Waals surface area contributed by atoms with Crippen LogP contribution >= 0.6 is 0 Å². The van der Waals surface area contributed by atoms with Gasteiger partial charge in [-0.1, -0.05) is 13.5 Å². The van der Waals surface area contributed by atoms with E-state index in [4.69, 9.17) is 4.74 Å². The third-order valence-electron chi connectivity index (χ3n) is 2.08. The van der Waals surface area contributed by atoms with E-state index in [1.807, 2.05) is 6.92 Å². The number of rotatable bonds is 5. The Bertz CT molecular complexity index is 289. The first-order valence-corrected chi connectivity index (χ1v) is 6.09. The van der Waals surface area contributed by atoms with E-state index in [9.17, 15) is 8.42 Å². The predicted molar refractivity (Wildman–Crippen MR) is 54.3 cm³/mol. The molecule has 1 aliphatic heterocycles. The van der Waals surface area contributed by atoms with Crippen molar-refractivity contribution in [2.45, 2.75) is 19.0 Å². The van der Waals surface area contributed by atoms with Crippen molar-refractivity contribution >= 4 is 10.0 Å². The molecule has 1 heterocycles. The van der Waals surface area contributed by atoms with Crippen LogP contribution in [-0.2, 0) is 14.8 Å².